The number of primary amides is 1. The van der Waals surface area contributed by atoms with Crippen molar-refractivity contribution in [2.75, 3.05) is 23.4 Å². The highest BCUT2D eigenvalue weighted by Gasteiger charge is 2.28. The van der Waals surface area contributed by atoms with Crippen molar-refractivity contribution < 1.29 is 4.79 Å². The van der Waals surface area contributed by atoms with Gasteiger partial charge in [0.15, 0.2) is 0 Å². The van der Waals surface area contributed by atoms with Gasteiger partial charge in [-0.15, -0.1) is 0 Å². The zero-order valence-electron chi connectivity index (χ0n) is 11.2. The summed E-state index contributed by atoms with van der Waals surface area (Å²) in [6.45, 7) is 1.14. The van der Waals surface area contributed by atoms with Crippen LogP contribution in [0.2, 0.25) is 0 Å². The zero-order valence-corrected chi connectivity index (χ0v) is 11.2. The Kier molecular flexibility index (Phi) is 3.36. The minimum atomic E-state index is -0.309. The highest BCUT2D eigenvalue weighted by atomic mass is 16.1. The van der Waals surface area contributed by atoms with Gasteiger partial charge in [-0.25, -0.2) is 10.5 Å². The summed E-state index contributed by atoms with van der Waals surface area (Å²) in [5.74, 6) is 5.90. The van der Waals surface area contributed by atoms with Gasteiger partial charge in [-0.1, -0.05) is 0 Å². The van der Waals surface area contributed by atoms with Gasteiger partial charge in [0.2, 0.25) is 17.8 Å². The summed E-state index contributed by atoms with van der Waals surface area (Å²) in [5, 5.41) is 4.08. The number of nitrogens with zero attached hydrogens (tertiary/aromatic N) is 6. The number of nitrogen functional groups attached to an aromatic ring is 1. The Hall–Kier alpha value is -2.75. The van der Waals surface area contributed by atoms with Crippen LogP contribution in [-0.4, -0.2) is 43.7 Å². The Balaban J connectivity index is 1.92. The fraction of sp³-hybridized carbons (Fsp3) is 0.364. The SMILES string of the molecule is NNc1nc(N2CCC(C(N)=O)C2)nc(-n2cccn2)n1. The Morgan fingerprint density at radius 1 is 1.33 bits per heavy atom. The van der Waals surface area contributed by atoms with Gasteiger partial charge in [-0.2, -0.15) is 20.1 Å². The molecule has 0 saturated carbocycles. The number of amides is 1. The third-order valence-corrected chi connectivity index (χ3v) is 3.32. The fourth-order valence-corrected chi connectivity index (χ4v) is 2.22. The van der Waals surface area contributed by atoms with Crippen molar-refractivity contribution in [3.8, 4) is 5.95 Å². The average molecular weight is 289 g/mol. The molecule has 10 heteroatoms. The van der Waals surface area contributed by atoms with Crippen molar-refractivity contribution in [3.63, 3.8) is 0 Å². The standard InChI is InChI=1S/C11H15N9O/c12-8(21)7-2-5-19(6-7)10-15-9(18-13)16-11(17-10)20-4-1-3-14-20/h1,3-4,7H,2,5-6,13H2,(H2,12,21)(H,15,16,17,18). The molecular formula is C11H15N9O. The van der Waals surface area contributed by atoms with Crippen LogP contribution in [0, 0.1) is 5.92 Å². The molecule has 0 spiro atoms. The number of anilines is 2. The second-order valence-electron chi connectivity index (χ2n) is 4.69. The molecule has 3 heterocycles. The van der Waals surface area contributed by atoms with E-state index >= 15 is 0 Å². The van der Waals surface area contributed by atoms with Gasteiger partial charge in [0, 0.05) is 25.5 Å². The van der Waals surface area contributed by atoms with Crippen LogP contribution in [0.15, 0.2) is 18.5 Å². The summed E-state index contributed by atoms with van der Waals surface area (Å²) < 4.78 is 1.51. The summed E-state index contributed by atoms with van der Waals surface area (Å²) in [5.41, 5.74) is 7.74. The van der Waals surface area contributed by atoms with Crippen LogP contribution in [0.5, 0.6) is 0 Å². The number of hydrogen-bond donors (Lipinski definition) is 3. The summed E-state index contributed by atoms with van der Waals surface area (Å²) in [7, 11) is 0. The maximum absolute atomic E-state index is 11.3. The van der Waals surface area contributed by atoms with E-state index in [-0.39, 0.29) is 17.8 Å². The molecule has 1 atom stereocenters. The van der Waals surface area contributed by atoms with Gasteiger partial charge in [0.1, 0.15) is 0 Å². The first-order valence-electron chi connectivity index (χ1n) is 6.44. The number of nitrogens with one attached hydrogen (secondary N) is 1. The molecule has 0 aliphatic carbocycles. The predicted octanol–water partition coefficient (Wildman–Crippen LogP) is -1.35. The monoisotopic (exact) mass is 289 g/mol. The van der Waals surface area contributed by atoms with Crippen LogP contribution in [-0.2, 0) is 4.79 Å². The van der Waals surface area contributed by atoms with E-state index in [9.17, 15) is 4.79 Å². The van der Waals surface area contributed by atoms with Crippen molar-refractivity contribution in [1.82, 2.24) is 24.7 Å². The van der Waals surface area contributed by atoms with Crippen molar-refractivity contribution >= 4 is 17.8 Å². The number of carbonyl (C=O) groups is 1. The molecule has 21 heavy (non-hydrogen) atoms. The van der Waals surface area contributed by atoms with Crippen LogP contribution in [0.4, 0.5) is 11.9 Å². The summed E-state index contributed by atoms with van der Waals surface area (Å²) >= 11 is 0. The number of hydrogen-bond acceptors (Lipinski definition) is 8. The number of aromatic nitrogens is 5. The summed E-state index contributed by atoms with van der Waals surface area (Å²) in [6, 6.07) is 1.76. The molecule has 0 bridgehead atoms. The van der Waals surface area contributed by atoms with Crippen LogP contribution in [0.1, 0.15) is 6.42 Å². The van der Waals surface area contributed by atoms with Crippen LogP contribution < -0.4 is 21.9 Å². The molecule has 1 aliphatic heterocycles. The van der Waals surface area contributed by atoms with Gasteiger partial charge in [0.25, 0.3) is 5.95 Å². The third kappa shape index (κ3) is 2.60. The molecule has 0 aromatic carbocycles. The molecule has 1 aliphatic rings. The first-order chi connectivity index (χ1) is 10.2. The molecule has 0 radical (unpaired) electrons. The predicted molar refractivity (Wildman–Crippen MR) is 74.3 cm³/mol. The quantitative estimate of drug-likeness (QED) is 0.463. The lowest BCUT2D eigenvalue weighted by Crippen LogP contribution is -2.29. The Labute approximate surface area is 120 Å². The largest absolute Gasteiger partial charge is 0.369 e. The van der Waals surface area contributed by atoms with E-state index in [4.69, 9.17) is 11.6 Å². The summed E-state index contributed by atoms with van der Waals surface area (Å²) in [6.07, 6.45) is 4.02. The summed E-state index contributed by atoms with van der Waals surface area (Å²) in [4.78, 5) is 25.8. The van der Waals surface area contributed by atoms with E-state index in [0.717, 1.165) is 0 Å². The van der Waals surface area contributed by atoms with Crippen molar-refractivity contribution in [2.45, 2.75) is 6.42 Å². The fourth-order valence-electron chi connectivity index (χ4n) is 2.22. The van der Waals surface area contributed by atoms with Gasteiger partial charge < -0.3 is 10.6 Å². The minimum absolute atomic E-state index is 0.191. The van der Waals surface area contributed by atoms with E-state index in [1.807, 2.05) is 4.90 Å². The Bertz CT molecular complexity index is 641. The lowest BCUT2D eigenvalue weighted by molar-refractivity contribution is -0.121. The average Bonchev–Trinajstić information content (AvgIpc) is 3.18. The number of rotatable bonds is 4. The maximum Gasteiger partial charge on any atom is 0.257 e. The molecule has 1 saturated heterocycles. The van der Waals surface area contributed by atoms with Gasteiger partial charge in [-0.05, 0) is 12.5 Å². The molecule has 2 aromatic heterocycles. The van der Waals surface area contributed by atoms with E-state index in [0.29, 0.717) is 31.4 Å². The second kappa shape index (κ2) is 5.32. The van der Waals surface area contributed by atoms with Crippen LogP contribution in [0.25, 0.3) is 5.95 Å². The van der Waals surface area contributed by atoms with Crippen LogP contribution in [0.3, 0.4) is 0 Å². The normalized spacial score (nSPS) is 18.0. The van der Waals surface area contributed by atoms with Crippen LogP contribution >= 0.6 is 0 Å². The molecular weight excluding hydrogens is 274 g/mol. The van der Waals surface area contributed by atoms with Gasteiger partial charge >= 0.3 is 0 Å². The number of carbonyl (C=O) groups excluding carboxylic acids is 1. The Morgan fingerprint density at radius 3 is 2.76 bits per heavy atom. The molecule has 3 rings (SSSR count). The first kappa shape index (κ1) is 13.2. The molecule has 1 unspecified atom stereocenters. The van der Waals surface area contributed by atoms with Crippen molar-refractivity contribution in [2.24, 2.45) is 17.5 Å². The molecule has 5 N–H and O–H groups in total. The van der Waals surface area contributed by atoms with Crippen molar-refractivity contribution in [3.05, 3.63) is 18.5 Å². The van der Waals surface area contributed by atoms with E-state index in [1.54, 1.807) is 18.5 Å². The minimum Gasteiger partial charge on any atom is -0.369 e. The number of hydrazine groups is 1. The van der Waals surface area contributed by atoms with E-state index in [2.05, 4.69) is 25.5 Å². The van der Waals surface area contributed by atoms with E-state index < -0.39 is 0 Å². The van der Waals surface area contributed by atoms with Crippen molar-refractivity contribution in [1.29, 1.82) is 0 Å². The molecule has 1 fully saturated rings. The Morgan fingerprint density at radius 2 is 2.14 bits per heavy atom. The molecule has 1 amide bonds. The van der Waals surface area contributed by atoms with Gasteiger partial charge in [0.05, 0.1) is 5.92 Å². The highest BCUT2D eigenvalue weighted by molar-refractivity contribution is 5.78. The lowest BCUT2D eigenvalue weighted by Gasteiger charge is -2.16. The zero-order chi connectivity index (χ0) is 14.8. The molecule has 10 nitrogen and oxygen atoms in total. The third-order valence-electron chi connectivity index (χ3n) is 3.32. The second-order valence-corrected chi connectivity index (χ2v) is 4.69. The molecule has 2 aromatic rings. The van der Waals surface area contributed by atoms with Gasteiger partial charge in [-0.3, -0.25) is 10.2 Å². The number of nitrogens with two attached hydrogens (primary N) is 2. The molecule has 110 valence electrons. The smallest absolute Gasteiger partial charge is 0.257 e. The highest BCUT2D eigenvalue weighted by Crippen LogP contribution is 2.21. The topological polar surface area (TPSA) is 141 Å². The van der Waals surface area contributed by atoms with E-state index in [1.165, 1.54) is 4.68 Å². The maximum atomic E-state index is 11.3. The lowest BCUT2D eigenvalue weighted by atomic mass is 10.1. The first-order valence-corrected chi connectivity index (χ1v) is 6.44.